The third-order valence-electron chi connectivity index (χ3n) is 3.50. The lowest BCUT2D eigenvalue weighted by molar-refractivity contribution is 0.324. The summed E-state index contributed by atoms with van der Waals surface area (Å²) in [6, 6.07) is 11.0. The first-order valence-corrected chi connectivity index (χ1v) is 8.01. The molecule has 0 saturated heterocycles. The number of likely N-dealkylation sites (N-methyl/N-ethyl adjacent to an activating group) is 1. The van der Waals surface area contributed by atoms with Crippen molar-refractivity contribution in [3.63, 3.8) is 0 Å². The number of nitrogens with one attached hydrogen (secondary N) is 1. The van der Waals surface area contributed by atoms with Crippen molar-refractivity contribution in [1.29, 1.82) is 0 Å². The monoisotopic (exact) mass is 288 g/mol. The predicted molar refractivity (Wildman–Crippen MR) is 88.3 cm³/mol. The molecule has 2 nitrogen and oxygen atoms in total. The van der Waals surface area contributed by atoms with E-state index >= 15 is 0 Å². The van der Waals surface area contributed by atoms with Gasteiger partial charge >= 0.3 is 0 Å². The highest BCUT2D eigenvalue weighted by atomic mass is 32.1. The van der Waals surface area contributed by atoms with Gasteiger partial charge in [-0.3, -0.25) is 0 Å². The minimum Gasteiger partial charge on any atom is -0.311 e. The predicted octanol–water partition coefficient (Wildman–Crippen LogP) is 3.59. The van der Waals surface area contributed by atoms with E-state index in [9.17, 15) is 0 Å². The van der Waals surface area contributed by atoms with Gasteiger partial charge in [-0.25, -0.2) is 0 Å². The van der Waals surface area contributed by atoms with Crippen LogP contribution in [0.2, 0.25) is 0 Å². The van der Waals surface area contributed by atoms with Crippen molar-refractivity contribution in [2.24, 2.45) is 0 Å². The molecule has 108 valence electrons. The summed E-state index contributed by atoms with van der Waals surface area (Å²) in [5.74, 6) is 0. The average Bonchev–Trinajstić information content (AvgIpc) is 2.83. The fourth-order valence-electron chi connectivity index (χ4n) is 2.14. The first kappa shape index (κ1) is 15.2. The summed E-state index contributed by atoms with van der Waals surface area (Å²) in [4.78, 5) is 3.81. The van der Waals surface area contributed by atoms with E-state index < -0.39 is 0 Å². The molecule has 0 aliphatic carbocycles. The molecule has 0 atom stereocenters. The number of hydrogen-bond acceptors (Lipinski definition) is 3. The fourth-order valence-corrected chi connectivity index (χ4v) is 3.02. The molecule has 1 N–H and O–H groups in total. The second-order valence-electron chi connectivity index (χ2n) is 5.43. The zero-order chi connectivity index (χ0) is 14.4. The molecule has 0 aliphatic rings. The quantitative estimate of drug-likeness (QED) is 0.783. The molecule has 0 amide bonds. The van der Waals surface area contributed by atoms with E-state index in [2.05, 4.69) is 66.8 Å². The van der Waals surface area contributed by atoms with Gasteiger partial charge < -0.3 is 10.2 Å². The second-order valence-corrected chi connectivity index (χ2v) is 6.43. The third-order valence-corrected chi connectivity index (χ3v) is 4.52. The van der Waals surface area contributed by atoms with E-state index in [1.54, 1.807) is 0 Å². The van der Waals surface area contributed by atoms with Crippen molar-refractivity contribution in [3.8, 4) is 0 Å². The third kappa shape index (κ3) is 4.75. The lowest BCUT2D eigenvalue weighted by atomic mass is 10.1. The Kier molecular flexibility index (Phi) is 5.77. The molecule has 0 radical (unpaired) electrons. The van der Waals surface area contributed by atoms with Crippen LogP contribution in [0, 0.1) is 13.8 Å². The SMILES string of the molecule is Cc1ccc(CN(C)CCNCc2sccc2C)cc1. The van der Waals surface area contributed by atoms with Crippen LogP contribution < -0.4 is 5.32 Å². The average molecular weight is 288 g/mol. The van der Waals surface area contributed by atoms with Gasteiger partial charge in [-0.1, -0.05) is 29.8 Å². The largest absolute Gasteiger partial charge is 0.311 e. The first-order chi connectivity index (χ1) is 9.65. The lowest BCUT2D eigenvalue weighted by Gasteiger charge is -2.17. The Balaban J connectivity index is 1.66. The molecule has 20 heavy (non-hydrogen) atoms. The minimum atomic E-state index is 0.988. The fraction of sp³-hybridized carbons (Fsp3) is 0.412. The van der Waals surface area contributed by atoms with Gasteiger partial charge in [-0.05, 0) is 43.5 Å². The Bertz CT molecular complexity index is 516. The topological polar surface area (TPSA) is 15.3 Å². The smallest absolute Gasteiger partial charge is 0.0302 e. The molecule has 2 aromatic rings. The molecule has 0 saturated carbocycles. The molecule has 0 unspecified atom stereocenters. The van der Waals surface area contributed by atoms with Gasteiger partial charge in [0.15, 0.2) is 0 Å². The molecule has 1 aromatic carbocycles. The molecule has 0 spiro atoms. The van der Waals surface area contributed by atoms with Gasteiger partial charge in [0.2, 0.25) is 0 Å². The molecule has 3 heteroatoms. The summed E-state index contributed by atoms with van der Waals surface area (Å²) in [6.07, 6.45) is 0. The summed E-state index contributed by atoms with van der Waals surface area (Å²) in [5.41, 5.74) is 4.10. The van der Waals surface area contributed by atoms with Gasteiger partial charge in [0.1, 0.15) is 0 Å². The Labute approximate surface area is 126 Å². The van der Waals surface area contributed by atoms with Crippen LogP contribution in [0.1, 0.15) is 21.6 Å². The van der Waals surface area contributed by atoms with Crippen LogP contribution in [0.4, 0.5) is 0 Å². The minimum absolute atomic E-state index is 0.988. The second kappa shape index (κ2) is 7.58. The van der Waals surface area contributed by atoms with Crippen LogP contribution in [-0.2, 0) is 13.1 Å². The molecule has 0 fully saturated rings. The number of nitrogens with zero attached hydrogens (tertiary/aromatic N) is 1. The summed E-state index contributed by atoms with van der Waals surface area (Å²) >= 11 is 1.84. The summed E-state index contributed by atoms with van der Waals surface area (Å²) in [7, 11) is 2.18. The summed E-state index contributed by atoms with van der Waals surface area (Å²) < 4.78 is 0. The van der Waals surface area contributed by atoms with Gasteiger partial charge in [-0.15, -0.1) is 11.3 Å². The van der Waals surface area contributed by atoms with Crippen molar-refractivity contribution in [1.82, 2.24) is 10.2 Å². The van der Waals surface area contributed by atoms with Crippen LogP contribution in [0.25, 0.3) is 0 Å². The molecule has 1 heterocycles. The van der Waals surface area contributed by atoms with Crippen LogP contribution in [0.15, 0.2) is 35.7 Å². The van der Waals surface area contributed by atoms with Crippen molar-refractivity contribution in [2.75, 3.05) is 20.1 Å². The van der Waals surface area contributed by atoms with Crippen molar-refractivity contribution >= 4 is 11.3 Å². The van der Waals surface area contributed by atoms with Crippen LogP contribution >= 0.6 is 11.3 Å². The lowest BCUT2D eigenvalue weighted by Crippen LogP contribution is -2.28. The van der Waals surface area contributed by atoms with E-state index in [1.807, 2.05) is 11.3 Å². The molecule has 0 aliphatic heterocycles. The highest BCUT2D eigenvalue weighted by Crippen LogP contribution is 2.14. The van der Waals surface area contributed by atoms with E-state index in [0.29, 0.717) is 0 Å². The Morgan fingerprint density at radius 2 is 1.85 bits per heavy atom. The summed E-state index contributed by atoms with van der Waals surface area (Å²) in [6.45, 7) is 8.40. The Hall–Kier alpha value is -1.16. The van der Waals surface area contributed by atoms with Crippen LogP contribution in [0.5, 0.6) is 0 Å². The zero-order valence-electron chi connectivity index (χ0n) is 12.6. The van der Waals surface area contributed by atoms with Crippen LogP contribution in [-0.4, -0.2) is 25.0 Å². The maximum Gasteiger partial charge on any atom is 0.0302 e. The molecule has 1 aromatic heterocycles. The van der Waals surface area contributed by atoms with E-state index in [4.69, 9.17) is 0 Å². The highest BCUT2D eigenvalue weighted by Gasteiger charge is 2.01. The van der Waals surface area contributed by atoms with E-state index in [1.165, 1.54) is 21.6 Å². The van der Waals surface area contributed by atoms with E-state index in [-0.39, 0.29) is 0 Å². The maximum atomic E-state index is 3.52. The Morgan fingerprint density at radius 1 is 1.10 bits per heavy atom. The molecule has 0 bridgehead atoms. The zero-order valence-corrected chi connectivity index (χ0v) is 13.5. The molecular formula is C17H24N2S. The van der Waals surface area contributed by atoms with Crippen molar-refractivity contribution in [2.45, 2.75) is 26.9 Å². The standard InChI is InChI=1S/C17H24N2S/c1-14-4-6-16(7-5-14)13-19(3)10-9-18-12-17-15(2)8-11-20-17/h4-8,11,18H,9-10,12-13H2,1-3H3. The first-order valence-electron chi connectivity index (χ1n) is 7.13. The number of rotatable bonds is 7. The number of thiophene rings is 1. The number of benzene rings is 1. The number of aryl methyl sites for hydroxylation is 2. The van der Waals surface area contributed by atoms with Gasteiger partial charge in [0.25, 0.3) is 0 Å². The molecular weight excluding hydrogens is 264 g/mol. The normalized spacial score (nSPS) is 11.2. The number of hydrogen-bond donors (Lipinski definition) is 1. The van der Waals surface area contributed by atoms with Gasteiger partial charge in [0.05, 0.1) is 0 Å². The van der Waals surface area contributed by atoms with Crippen molar-refractivity contribution in [3.05, 3.63) is 57.3 Å². The molecule has 2 rings (SSSR count). The van der Waals surface area contributed by atoms with Crippen molar-refractivity contribution < 1.29 is 0 Å². The maximum absolute atomic E-state index is 3.52. The Morgan fingerprint density at radius 3 is 2.50 bits per heavy atom. The van der Waals surface area contributed by atoms with Gasteiger partial charge in [0, 0.05) is 31.1 Å². The van der Waals surface area contributed by atoms with Gasteiger partial charge in [-0.2, -0.15) is 0 Å². The highest BCUT2D eigenvalue weighted by molar-refractivity contribution is 7.10. The van der Waals surface area contributed by atoms with Crippen LogP contribution in [0.3, 0.4) is 0 Å². The summed E-state index contributed by atoms with van der Waals surface area (Å²) in [5, 5.41) is 5.69. The van der Waals surface area contributed by atoms with E-state index in [0.717, 1.165) is 26.2 Å².